The molecule has 134 valence electrons. The summed E-state index contributed by atoms with van der Waals surface area (Å²) in [7, 11) is 0. The monoisotopic (exact) mass is 353 g/mol. The molecule has 1 saturated carbocycles. The van der Waals surface area contributed by atoms with Gasteiger partial charge in [-0.25, -0.2) is 0 Å². The lowest BCUT2D eigenvalue weighted by Gasteiger charge is -2.16. The summed E-state index contributed by atoms with van der Waals surface area (Å²) >= 11 is 0. The Hall–Kier alpha value is -3.22. The van der Waals surface area contributed by atoms with Crippen LogP contribution in [0.15, 0.2) is 54.6 Å². The first-order valence-electron chi connectivity index (χ1n) is 8.35. The first-order valence-corrected chi connectivity index (χ1v) is 8.35. The Bertz CT molecular complexity index is 832. The summed E-state index contributed by atoms with van der Waals surface area (Å²) in [5.74, 6) is -0.806. The summed E-state index contributed by atoms with van der Waals surface area (Å²) in [4.78, 5) is 34.3. The zero-order chi connectivity index (χ0) is 18.6. The van der Waals surface area contributed by atoms with Gasteiger partial charge in [0.15, 0.2) is 0 Å². The second-order valence-electron chi connectivity index (χ2n) is 6.41. The van der Waals surface area contributed by atoms with Gasteiger partial charge in [0.05, 0.1) is 11.5 Å². The molecule has 7 nitrogen and oxygen atoms in total. The van der Waals surface area contributed by atoms with Crippen molar-refractivity contribution >= 4 is 17.5 Å². The van der Waals surface area contributed by atoms with Crippen LogP contribution >= 0.6 is 0 Å². The quantitative estimate of drug-likeness (QED) is 0.588. The number of rotatable bonds is 7. The number of nitro benzene ring substituents is 1. The maximum Gasteiger partial charge on any atom is 0.270 e. The van der Waals surface area contributed by atoms with Gasteiger partial charge in [-0.15, -0.1) is 0 Å². The van der Waals surface area contributed by atoms with Crippen molar-refractivity contribution in [1.82, 2.24) is 10.6 Å². The number of nitrogens with one attached hydrogen (secondary N) is 2. The summed E-state index contributed by atoms with van der Waals surface area (Å²) < 4.78 is 0. The highest BCUT2D eigenvalue weighted by Gasteiger charge is 2.44. The standard InChI is InChI=1S/C19H19N3O4/c23-17(21-13-19(9-10-19)15-6-2-1-3-7-15)12-20-18(24)14-5-4-8-16(11-14)22(25)26/h1-8,11H,9-10,12-13H2,(H,20,24)(H,21,23). The molecule has 1 fully saturated rings. The lowest BCUT2D eigenvalue weighted by atomic mass is 9.96. The summed E-state index contributed by atoms with van der Waals surface area (Å²) in [6, 6.07) is 15.4. The Kier molecular flexibility index (Phi) is 4.97. The predicted octanol–water partition coefficient (Wildman–Crippen LogP) is 2.17. The highest BCUT2D eigenvalue weighted by molar-refractivity contribution is 5.96. The van der Waals surface area contributed by atoms with Crippen molar-refractivity contribution in [2.75, 3.05) is 13.1 Å². The van der Waals surface area contributed by atoms with Crippen LogP contribution in [0.5, 0.6) is 0 Å². The third kappa shape index (κ3) is 4.05. The van der Waals surface area contributed by atoms with E-state index in [2.05, 4.69) is 22.8 Å². The normalized spacial score (nSPS) is 14.3. The number of nitro groups is 1. The first-order chi connectivity index (χ1) is 12.5. The van der Waals surface area contributed by atoms with Crippen molar-refractivity contribution in [2.45, 2.75) is 18.3 Å². The van der Waals surface area contributed by atoms with Crippen LogP contribution in [0.3, 0.4) is 0 Å². The fraction of sp³-hybridized carbons (Fsp3) is 0.263. The average molecular weight is 353 g/mol. The molecule has 2 N–H and O–H groups in total. The molecular weight excluding hydrogens is 334 g/mol. The molecule has 2 aromatic carbocycles. The van der Waals surface area contributed by atoms with Crippen molar-refractivity contribution in [1.29, 1.82) is 0 Å². The maximum atomic E-state index is 12.0. The Balaban J connectivity index is 1.49. The molecule has 0 atom stereocenters. The molecule has 0 spiro atoms. The van der Waals surface area contributed by atoms with Crippen LogP contribution in [0.4, 0.5) is 5.69 Å². The molecular formula is C19H19N3O4. The van der Waals surface area contributed by atoms with Gasteiger partial charge in [-0.1, -0.05) is 36.4 Å². The van der Waals surface area contributed by atoms with E-state index in [4.69, 9.17) is 0 Å². The predicted molar refractivity (Wildman–Crippen MR) is 95.8 cm³/mol. The van der Waals surface area contributed by atoms with Crippen LogP contribution in [0.2, 0.25) is 0 Å². The second-order valence-corrected chi connectivity index (χ2v) is 6.41. The fourth-order valence-electron chi connectivity index (χ4n) is 2.86. The Morgan fingerprint density at radius 3 is 2.42 bits per heavy atom. The van der Waals surface area contributed by atoms with Crippen LogP contribution in [-0.4, -0.2) is 29.8 Å². The van der Waals surface area contributed by atoms with E-state index in [1.165, 1.54) is 29.8 Å². The third-order valence-electron chi connectivity index (χ3n) is 4.59. The molecule has 0 bridgehead atoms. The van der Waals surface area contributed by atoms with E-state index >= 15 is 0 Å². The zero-order valence-corrected chi connectivity index (χ0v) is 14.1. The van der Waals surface area contributed by atoms with Crippen molar-refractivity contribution in [3.05, 3.63) is 75.8 Å². The SMILES string of the molecule is O=C(CNC(=O)c1cccc([N+](=O)[O-])c1)NCC1(c2ccccc2)CC1. The van der Waals surface area contributed by atoms with E-state index in [-0.39, 0.29) is 29.1 Å². The summed E-state index contributed by atoms with van der Waals surface area (Å²) in [5.41, 5.74) is 1.19. The first kappa shape index (κ1) is 17.6. The van der Waals surface area contributed by atoms with Gasteiger partial charge in [-0.3, -0.25) is 19.7 Å². The number of amides is 2. The van der Waals surface area contributed by atoms with E-state index in [0.29, 0.717) is 6.54 Å². The van der Waals surface area contributed by atoms with E-state index in [1.807, 2.05) is 18.2 Å². The fourth-order valence-corrected chi connectivity index (χ4v) is 2.86. The third-order valence-corrected chi connectivity index (χ3v) is 4.59. The highest BCUT2D eigenvalue weighted by Crippen LogP contribution is 2.47. The number of hydrogen-bond acceptors (Lipinski definition) is 4. The van der Waals surface area contributed by atoms with Crippen LogP contribution in [0, 0.1) is 10.1 Å². The lowest BCUT2D eigenvalue weighted by Crippen LogP contribution is -2.40. The van der Waals surface area contributed by atoms with Crippen LogP contribution < -0.4 is 10.6 Å². The average Bonchev–Trinajstić information content (AvgIpc) is 3.46. The minimum Gasteiger partial charge on any atom is -0.354 e. The topological polar surface area (TPSA) is 101 Å². The molecule has 0 saturated heterocycles. The van der Waals surface area contributed by atoms with E-state index in [9.17, 15) is 19.7 Å². The molecule has 3 rings (SSSR count). The number of carbonyl (C=O) groups excluding carboxylic acids is 2. The minimum absolute atomic E-state index is 0.000963. The number of nitrogens with zero attached hydrogens (tertiary/aromatic N) is 1. The number of carbonyl (C=O) groups is 2. The maximum absolute atomic E-state index is 12.0. The number of benzene rings is 2. The van der Waals surface area contributed by atoms with Crippen molar-refractivity contribution < 1.29 is 14.5 Å². The molecule has 2 aromatic rings. The van der Waals surface area contributed by atoms with Gasteiger partial charge in [0.25, 0.3) is 11.6 Å². The molecule has 26 heavy (non-hydrogen) atoms. The van der Waals surface area contributed by atoms with Gasteiger partial charge in [-0.2, -0.15) is 0 Å². The smallest absolute Gasteiger partial charge is 0.270 e. The Morgan fingerprint density at radius 2 is 1.77 bits per heavy atom. The molecule has 2 amide bonds. The van der Waals surface area contributed by atoms with Gasteiger partial charge in [0.1, 0.15) is 0 Å². The number of non-ortho nitro benzene ring substituents is 1. The van der Waals surface area contributed by atoms with E-state index < -0.39 is 10.8 Å². The summed E-state index contributed by atoms with van der Waals surface area (Å²) in [6.07, 6.45) is 2.05. The summed E-state index contributed by atoms with van der Waals surface area (Å²) in [6.45, 7) is 0.356. The Morgan fingerprint density at radius 1 is 1.04 bits per heavy atom. The highest BCUT2D eigenvalue weighted by atomic mass is 16.6. The van der Waals surface area contributed by atoms with Gasteiger partial charge >= 0.3 is 0 Å². The molecule has 0 heterocycles. The zero-order valence-electron chi connectivity index (χ0n) is 14.1. The molecule has 1 aliphatic rings. The van der Waals surface area contributed by atoms with Gasteiger partial charge < -0.3 is 10.6 Å². The van der Waals surface area contributed by atoms with E-state index in [1.54, 1.807) is 0 Å². The van der Waals surface area contributed by atoms with Crippen LogP contribution in [0.1, 0.15) is 28.8 Å². The molecule has 1 aliphatic carbocycles. The largest absolute Gasteiger partial charge is 0.354 e. The molecule has 0 aromatic heterocycles. The van der Waals surface area contributed by atoms with E-state index in [0.717, 1.165) is 12.8 Å². The van der Waals surface area contributed by atoms with Crippen LogP contribution in [-0.2, 0) is 10.2 Å². The lowest BCUT2D eigenvalue weighted by molar-refractivity contribution is -0.384. The van der Waals surface area contributed by atoms with Crippen molar-refractivity contribution in [2.24, 2.45) is 0 Å². The van der Waals surface area contributed by atoms with Gasteiger partial charge in [-0.05, 0) is 24.5 Å². The van der Waals surface area contributed by atoms with Gasteiger partial charge in [0.2, 0.25) is 5.91 Å². The molecule has 0 radical (unpaired) electrons. The van der Waals surface area contributed by atoms with Crippen molar-refractivity contribution in [3.63, 3.8) is 0 Å². The van der Waals surface area contributed by atoms with Gasteiger partial charge in [0, 0.05) is 29.7 Å². The molecule has 0 aliphatic heterocycles. The molecule has 7 heteroatoms. The minimum atomic E-state index is -0.567. The van der Waals surface area contributed by atoms with Crippen LogP contribution in [0.25, 0.3) is 0 Å². The Labute approximate surface area is 150 Å². The van der Waals surface area contributed by atoms with Crippen molar-refractivity contribution in [3.8, 4) is 0 Å². The molecule has 0 unspecified atom stereocenters. The number of hydrogen-bond donors (Lipinski definition) is 2. The second kappa shape index (κ2) is 7.35. The summed E-state index contributed by atoms with van der Waals surface area (Å²) in [5, 5.41) is 16.1.